The molecule has 1 fully saturated rings. The Bertz CT molecular complexity index is 517. The third kappa shape index (κ3) is 5.35. The first-order valence-corrected chi connectivity index (χ1v) is 9.11. The predicted molar refractivity (Wildman–Crippen MR) is 95.6 cm³/mol. The van der Waals surface area contributed by atoms with Crippen LogP contribution in [0.3, 0.4) is 0 Å². The van der Waals surface area contributed by atoms with Gasteiger partial charge in [0, 0.05) is 13.0 Å². The van der Waals surface area contributed by atoms with E-state index >= 15 is 0 Å². The normalized spacial score (nSPS) is 16.1. The van der Waals surface area contributed by atoms with Crippen LogP contribution >= 0.6 is 0 Å². The van der Waals surface area contributed by atoms with Crippen molar-refractivity contribution in [3.63, 3.8) is 0 Å². The number of hydrogen-bond donors (Lipinski definition) is 0. The number of Topliss-reactive ketones (excluding diaryl/α,β-unsaturated/α-hetero) is 1. The second-order valence-electron chi connectivity index (χ2n) is 6.74. The molecule has 3 heteroatoms. The lowest BCUT2D eigenvalue weighted by Gasteiger charge is -2.20. The van der Waals surface area contributed by atoms with Crippen LogP contribution in [0.2, 0.25) is 0 Å². The van der Waals surface area contributed by atoms with E-state index in [-0.39, 0.29) is 5.78 Å². The molecule has 1 aliphatic heterocycles. The lowest BCUT2D eigenvalue weighted by Crippen LogP contribution is -2.27. The molecule has 0 saturated carbocycles. The van der Waals surface area contributed by atoms with Gasteiger partial charge in [-0.2, -0.15) is 0 Å². The summed E-state index contributed by atoms with van der Waals surface area (Å²) in [6.07, 6.45) is 6.73. The summed E-state index contributed by atoms with van der Waals surface area (Å²) in [5.74, 6) is 1.01. The molecule has 128 valence electrons. The van der Waals surface area contributed by atoms with E-state index in [9.17, 15) is 4.79 Å². The van der Waals surface area contributed by atoms with Crippen molar-refractivity contribution >= 4 is 5.78 Å². The van der Waals surface area contributed by atoms with E-state index in [1.165, 1.54) is 25.7 Å². The van der Waals surface area contributed by atoms with E-state index in [4.69, 9.17) is 4.74 Å². The molecule has 0 unspecified atom stereocenters. The predicted octanol–water partition coefficient (Wildman–Crippen LogP) is 4.54. The number of ether oxygens (including phenoxy) is 1. The molecule has 23 heavy (non-hydrogen) atoms. The molecule has 0 N–H and O–H groups in total. The van der Waals surface area contributed by atoms with Crippen LogP contribution in [0.5, 0.6) is 5.75 Å². The molecule has 0 amide bonds. The summed E-state index contributed by atoms with van der Waals surface area (Å²) in [7, 11) is 0. The van der Waals surface area contributed by atoms with Crippen molar-refractivity contribution in [3.8, 4) is 5.75 Å². The van der Waals surface area contributed by atoms with E-state index in [2.05, 4.69) is 17.9 Å². The van der Waals surface area contributed by atoms with E-state index < -0.39 is 0 Å². The van der Waals surface area contributed by atoms with E-state index in [1.807, 2.05) is 19.9 Å². The van der Waals surface area contributed by atoms with Gasteiger partial charge in [-0.15, -0.1) is 0 Å². The van der Waals surface area contributed by atoms with Crippen molar-refractivity contribution in [2.45, 2.75) is 59.3 Å². The van der Waals surface area contributed by atoms with Gasteiger partial charge in [0.2, 0.25) is 0 Å². The summed E-state index contributed by atoms with van der Waals surface area (Å²) in [5.41, 5.74) is 2.96. The first kappa shape index (κ1) is 18.0. The van der Waals surface area contributed by atoms with Crippen molar-refractivity contribution in [2.75, 3.05) is 26.2 Å². The monoisotopic (exact) mass is 317 g/mol. The topological polar surface area (TPSA) is 29.5 Å². The molecule has 0 aliphatic carbocycles. The average molecular weight is 317 g/mol. The van der Waals surface area contributed by atoms with Gasteiger partial charge in [0.1, 0.15) is 5.75 Å². The van der Waals surface area contributed by atoms with Gasteiger partial charge >= 0.3 is 0 Å². The number of carbonyl (C=O) groups is 1. The Morgan fingerprint density at radius 1 is 1.13 bits per heavy atom. The van der Waals surface area contributed by atoms with Crippen molar-refractivity contribution < 1.29 is 9.53 Å². The number of aryl methyl sites for hydroxylation is 2. The maximum atomic E-state index is 12.8. The zero-order chi connectivity index (χ0) is 16.7. The summed E-state index contributed by atoms with van der Waals surface area (Å²) in [5, 5.41) is 0. The molecule has 0 radical (unpaired) electrons. The molecule has 3 nitrogen and oxygen atoms in total. The smallest absolute Gasteiger partial charge is 0.167 e. The summed E-state index contributed by atoms with van der Waals surface area (Å²) < 4.78 is 5.87. The summed E-state index contributed by atoms with van der Waals surface area (Å²) in [6.45, 7) is 9.98. The van der Waals surface area contributed by atoms with Crippen molar-refractivity contribution in [1.82, 2.24) is 4.90 Å². The third-order valence-corrected chi connectivity index (χ3v) is 4.52. The van der Waals surface area contributed by atoms with Gasteiger partial charge in [-0.25, -0.2) is 0 Å². The highest BCUT2D eigenvalue weighted by Gasteiger charge is 2.17. The Morgan fingerprint density at radius 3 is 2.48 bits per heavy atom. The van der Waals surface area contributed by atoms with Crippen LogP contribution in [0.4, 0.5) is 0 Å². The number of hydrogen-bond acceptors (Lipinski definition) is 3. The van der Waals surface area contributed by atoms with Gasteiger partial charge in [0.05, 0.1) is 12.2 Å². The fraction of sp³-hybridized carbons (Fsp3) is 0.650. The minimum Gasteiger partial charge on any atom is -0.493 e. The van der Waals surface area contributed by atoms with Crippen LogP contribution in [0, 0.1) is 13.8 Å². The van der Waals surface area contributed by atoms with Gasteiger partial charge in [-0.3, -0.25) is 4.79 Å². The van der Waals surface area contributed by atoms with Gasteiger partial charge in [-0.05, 0) is 63.4 Å². The van der Waals surface area contributed by atoms with Crippen LogP contribution in [-0.2, 0) is 0 Å². The van der Waals surface area contributed by atoms with Gasteiger partial charge in [0.25, 0.3) is 0 Å². The molecule has 2 rings (SSSR count). The molecule has 1 aromatic carbocycles. The fourth-order valence-electron chi connectivity index (χ4n) is 3.31. The highest BCUT2D eigenvalue weighted by Crippen LogP contribution is 2.27. The van der Waals surface area contributed by atoms with Gasteiger partial charge < -0.3 is 9.64 Å². The Hall–Kier alpha value is -1.35. The molecule has 1 saturated heterocycles. The number of likely N-dealkylation sites (tertiary alicyclic amines) is 1. The molecular formula is C20H31NO2. The Balaban J connectivity index is 2.05. The molecule has 1 heterocycles. The highest BCUT2D eigenvalue weighted by molar-refractivity contribution is 5.99. The number of carbonyl (C=O) groups excluding carboxylic acids is 1. The van der Waals surface area contributed by atoms with Crippen LogP contribution < -0.4 is 4.74 Å². The van der Waals surface area contributed by atoms with Crippen LogP contribution in [0.1, 0.15) is 66.9 Å². The van der Waals surface area contributed by atoms with Gasteiger partial charge in [0.15, 0.2) is 5.78 Å². The summed E-state index contributed by atoms with van der Waals surface area (Å²) >= 11 is 0. The molecule has 0 aromatic heterocycles. The molecule has 1 aliphatic rings. The lowest BCUT2D eigenvalue weighted by atomic mass is 10.0. The Labute approximate surface area is 141 Å². The largest absolute Gasteiger partial charge is 0.493 e. The average Bonchev–Trinajstić information content (AvgIpc) is 2.80. The van der Waals surface area contributed by atoms with Crippen LogP contribution in [0.15, 0.2) is 12.1 Å². The minimum absolute atomic E-state index is 0.215. The number of ketones is 1. The Kier molecular flexibility index (Phi) is 7.10. The zero-order valence-electron chi connectivity index (χ0n) is 15.0. The highest BCUT2D eigenvalue weighted by atomic mass is 16.5. The molecular weight excluding hydrogens is 286 g/mol. The van der Waals surface area contributed by atoms with Crippen molar-refractivity contribution in [1.29, 1.82) is 0 Å². The second-order valence-corrected chi connectivity index (χ2v) is 6.74. The number of nitrogens with zero attached hydrogens (tertiary/aromatic N) is 1. The zero-order valence-corrected chi connectivity index (χ0v) is 15.0. The lowest BCUT2D eigenvalue weighted by molar-refractivity contribution is 0.0960. The number of benzene rings is 1. The Morgan fingerprint density at radius 2 is 1.83 bits per heavy atom. The molecule has 0 atom stereocenters. The third-order valence-electron chi connectivity index (χ3n) is 4.52. The van der Waals surface area contributed by atoms with E-state index in [1.54, 1.807) is 0 Å². The first-order chi connectivity index (χ1) is 11.1. The second kappa shape index (κ2) is 9.07. The van der Waals surface area contributed by atoms with Crippen LogP contribution in [-0.4, -0.2) is 36.9 Å². The first-order valence-electron chi connectivity index (χ1n) is 9.11. The van der Waals surface area contributed by atoms with Crippen molar-refractivity contribution in [2.24, 2.45) is 0 Å². The number of rotatable bonds is 7. The van der Waals surface area contributed by atoms with Crippen molar-refractivity contribution in [3.05, 3.63) is 28.8 Å². The fourth-order valence-corrected chi connectivity index (χ4v) is 3.31. The SMILES string of the molecule is CCCOc1c(C)cc(C)cc1C(=O)CCN1CCCCCC1. The maximum Gasteiger partial charge on any atom is 0.167 e. The van der Waals surface area contributed by atoms with E-state index in [0.717, 1.165) is 48.5 Å². The van der Waals surface area contributed by atoms with E-state index in [0.29, 0.717) is 13.0 Å². The summed E-state index contributed by atoms with van der Waals surface area (Å²) in [6, 6.07) is 4.08. The quantitative estimate of drug-likeness (QED) is 0.691. The molecule has 1 aromatic rings. The maximum absolute atomic E-state index is 12.8. The molecule has 0 spiro atoms. The van der Waals surface area contributed by atoms with Gasteiger partial charge in [-0.1, -0.05) is 25.8 Å². The molecule has 0 bridgehead atoms. The summed E-state index contributed by atoms with van der Waals surface area (Å²) in [4.78, 5) is 15.2. The van der Waals surface area contributed by atoms with Crippen LogP contribution in [0.25, 0.3) is 0 Å². The minimum atomic E-state index is 0.215. The standard InChI is InChI=1S/C20H31NO2/c1-4-13-23-20-17(3)14-16(2)15-18(20)19(22)9-12-21-10-7-5-6-8-11-21/h14-15H,4-13H2,1-3H3.